The van der Waals surface area contributed by atoms with E-state index in [1.54, 1.807) is 13.8 Å². The maximum Gasteiger partial charge on any atom is 0.387 e. The molecule has 0 aromatic heterocycles. The summed E-state index contributed by atoms with van der Waals surface area (Å²) in [7, 11) is 0. The zero-order valence-corrected chi connectivity index (χ0v) is 13.1. The standard InChI is InChI=1S/C17H16F3NO3/c1-3-23-15-8-11(5-7-14(15)24-17(19)20)16(22)21-13-9-12(18)6-4-10(13)2/h4-9,17H,3H2,1-2H3,(H,21,22). The van der Waals surface area contributed by atoms with Gasteiger partial charge in [0, 0.05) is 11.3 Å². The molecule has 7 heteroatoms. The summed E-state index contributed by atoms with van der Waals surface area (Å²) < 4.78 is 47.6. The van der Waals surface area contributed by atoms with Crippen LogP contribution in [-0.2, 0) is 0 Å². The van der Waals surface area contributed by atoms with Crippen LogP contribution in [0, 0.1) is 12.7 Å². The van der Waals surface area contributed by atoms with Gasteiger partial charge in [0.05, 0.1) is 6.61 Å². The van der Waals surface area contributed by atoms with Gasteiger partial charge in [-0.05, 0) is 49.7 Å². The van der Waals surface area contributed by atoms with Crippen LogP contribution < -0.4 is 14.8 Å². The first-order valence-electron chi connectivity index (χ1n) is 7.20. The van der Waals surface area contributed by atoms with Crippen molar-refractivity contribution in [3.8, 4) is 11.5 Å². The number of carbonyl (C=O) groups is 1. The molecule has 128 valence electrons. The Kier molecular flexibility index (Phi) is 5.68. The van der Waals surface area contributed by atoms with Crippen LogP contribution in [0.1, 0.15) is 22.8 Å². The van der Waals surface area contributed by atoms with Gasteiger partial charge in [-0.1, -0.05) is 6.07 Å². The van der Waals surface area contributed by atoms with E-state index < -0.39 is 18.3 Å². The number of rotatable bonds is 6. The minimum absolute atomic E-state index is 0.0291. The maximum atomic E-state index is 13.3. The topological polar surface area (TPSA) is 47.6 Å². The highest BCUT2D eigenvalue weighted by atomic mass is 19.3. The first-order valence-corrected chi connectivity index (χ1v) is 7.20. The van der Waals surface area contributed by atoms with Crippen molar-refractivity contribution in [1.29, 1.82) is 0 Å². The van der Waals surface area contributed by atoms with Gasteiger partial charge in [0.1, 0.15) is 5.82 Å². The summed E-state index contributed by atoms with van der Waals surface area (Å²) in [5, 5.41) is 2.57. The van der Waals surface area contributed by atoms with Crippen LogP contribution in [0.3, 0.4) is 0 Å². The molecule has 0 aliphatic heterocycles. The minimum Gasteiger partial charge on any atom is -0.490 e. The van der Waals surface area contributed by atoms with Gasteiger partial charge >= 0.3 is 6.61 Å². The molecule has 1 N–H and O–H groups in total. The molecule has 4 nitrogen and oxygen atoms in total. The van der Waals surface area contributed by atoms with Crippen molar-refractivity contribution in [1.82, 2.24) is 0 Å². The Labute approximate surface area is 137 Å². The molecule has 1 amide bonds. The van der Waals surface area contributed by atoms with Crippen LogP contribution in [0.4, 0.5) is 18.9 Å². The van der Waals surface area contributed by atoms with Gasteiger partial charge in [-0.25, -0.2) is 4.39 Å². The Morgan fingerprint density at radius 3 is 2.58 bits per heavy atom. The maximum absolute atomic E-state index is 13.3. The molecular formula is C17H16F3NO3. The van der Waals surface area contributed by atoms with E-state index in [9.17, 15) is 18.0 Å². The number of amides is 1. The van der Waals surface area contributed by atoms with Crippen LogP contribution in [0.25, 0.3) is 0 Å². The largest absolute Gasteiger partial charge is 0.490 e. The van der Waals surface area contributed by atoms with E-state index in [1.807, 2.05) is 0 Å². The van der Waals surface area contributed by atoms with Crippen LogP contribution in [0.15, 0.2) is 36.4 Å². The van der Waals surface area contributed by atoms with Gasteiger partial charge in [-0.2, -0.15) is 8.78 Å². The number of anilines is 1. The lowest BCUT2D eigenvalue weighted by atomic mass is 10.1. The Morgan fingerprint density at radius 1 is 1.17 bits per heavy atom. The third-order valence-corrected chi connectivity index (χ3v) is 3.17. The summed E-state index contributed by atoms with van der Waals surface area (Å²) in [6.45, 7) is 0.613. The van der Waals surface area contributed by atoms with Crippen molar-refractivity contribution in [2.75, 3.05) is 11.9 Å². The molecule has 0 spiro atoms. The summed E-state index contributed by atoms with van der Waals surface area (Å²) in [6, 6.07) is 7.87. The van der Waals surface area contributed by atoms with Crippen molar-refractivity contribution >= 4 is 11.6 Å². The van der Waals surface area contributed by atoms with E-state index in [4.69, 9.17) is 4.74 Å². The SMILES string of the molecule is CCOc1cc(C(=O)Nc2cc(F)ccc2C)ccc1OC(F)F. The van der Waals surface area contributed by atoms with E-state index in [0.717, 1.165) is 0 Å². The highest BCUT2D eigenvalue weighted by Crippen LogP contribution is 2.30. The lowest BCUT2D eigenvalue weighted by Gasteiger charge is -2.13. The van der Waals surface area contributed by atoms with Crippen molar-refractivity contribution in [2.45, 2.75) is 20.5 Å². The number of hydrogen-bond acceptors (Lipinski definition) is 3. The first-order chi connectivity index (χ1) is 11.4. The van der Waals surface area contributed by atoms with E-state index >= 15 is 0 Å². The molecule has 2 aromatic rings. The molecule has 0 unspecified atom stereocenters. The third kappa shape index (κ3) is 4.41. The van der Waals surface area contributed by atoms with Gasteiger partial charge in [-0.15, -0.1) is 0 Å². The number of carbonyl (C=O) groups excluding carboxylic acids is 1. The number of aryl methyl sites for hydroxylation is 1. The molecule has 0 aliphatic carbocycles. The first kappa shape index (κ1) is 17.7. The Morgan fingerprint density at radius 2 is 1.92 bits per heavy atom. The quantitative estimate of drug-likeness (QED) is 0.849. The molecule has 0 fully saturated rings. The second-order valence-corrected chi connectivity index (χ2v) is 4.89. The molecule has 2 rings (SSSR count). The average Bonchev–Trinajstić information content (AvgIpc) is 2.52. The second-order valence-electron chi connectivity index (χ2n) is 4.89. The fraction of sp³-hybridized carbons (Fsp3) is 0.235. The summed E-state index contributed by atoms with van der Waals surface area (Å²) in [4.78, 5) is 12.3. The van der Waals surface area contributed by atoms with Crippen LogP contribution >= 0.6 is 0 Å². The Balaban J connectivity index is 2.25. The number of hydrogen-bond donors (Lipinski definition) is 1. The van der Waals surface area contributed by atoms with Crippen molar-refractivity contribution < 1.29 is 27.4 Å². The molecular weight excluding hydrogens is 323 g/mol. The van der Waals surface area contributed by atoms with Crippen molar-refractivity contribution in [2.24, 2.45) is 0 Å². The number of alkyl halides is 2. The van der Waals surface area contributed by atoms with Gasteiger partial charge in [-0.3, -0.25) is 4.79 Å². The van der Waals surface area contributed by atoms with E-state index in [1.165, 1.54) is 36.4 Å². The highest BCUT2D eigenvalue weighted by molar-refractivity contribution is 6.05. The highest BCUT2D eigenvalue weighted by Gasteiger charge is 2.15. The lowest BCUT2D eigenvalue weighted by Crippen LogP contribution is -2.13. The summed E-state index contributed by atoms with van der Waals surface area (Å²) in [5.41, 5.74) is 1.18. The number of halogens is 3. The minimum atomic E-state index is -3.00. The fourth-order valence-electron chi connectivity index (χ4n) is 2.03. The number of benzene rings is 2. The van der Waals surface area contributed by atoms with Crippen molar-refractivity contribution in [3.05, 3.63) is 53.3 Å². The molecule has 0 atom stereocenters. The third-order valence-electron chi connectivity index (χ3n) is 3.17. The summed E-state index contributed by atoms with van der Waals surface area (Å²) >= 11 is 0. The van der Waals surface area contributed by atoms with E-state index in [-0.39, 0.29) is 23.7 Å². The Bertz CT molecular complexity index is 735. The van der Waals surface area contributed by atoms with Crippen molar-refractivity contribution in [3.63, 3.8) is 0 Å². The molecule has 24 heavy (non-hydrogen) atoms. The van der Waals surface area contributed by atoms with Crippen LogP contribution in [0.2, 0.25) is 0 Å². The predicted octanol–water partition coefficient (Wildman–Crippen LogP) is 4.39. The average molecular weight is 339 g/mol. The zero-order valence-electron chi connectivity index (χ0n) is 13.1. The molecule has 0 bridgehead atoms. The fourth-order valence-corrected chi connectivity index (χ4v) is 2.03. The molecule has 0 saturated heterocycles. The zero-order chi connectivity index (χ0) is 17.7. The monoisotopic (exact) mass is 339 g/mol. The Hall–Kier alpha value is -2.70. The molecule has 2 aromatic carbocycles. The normalized spacial score (nSPS) is 10.6. The summed E-state index contributed by atoms with van der Waals surface area (Å²) in [5.74, 6) is -1.13. The predicted molar refractivity (Wildman–Crippen MR) is 83.3 cm³/mol. The number of nitrogens with one attached hydrogen (secondary N) is 1. The molecule has 0 radical (unpaired) electrons. The molecule has 0 heterocycles. The van der Waals surface area contributed by atoms with E-state index in [2.05, 4.69) is 10.1 Å². The van der Waals surface area contributed by atoms with E-state index in [0.29, 0.717) is 11.3 Å². The van der Waals surface area contributed by atoms with Crippen LogP contribution in [-0.4, -0.2) is 19.1 Å². The lowest BCUT2D eigenvalue weighted by molar-refractivity contribution is -0.0514. The van der Waals surface area contributed by atoms with Gasteiger partial charge in [0.2, 0.25) is 0 Å². The van der Waals surface area contributed by atoms with Crippen LogP contribution in [0.5, 0.6) is 11.5 Å². The smallest absolute Gasteiger partial charge is 0.387 e. The summed E-state index contributed by atoms with van der Waals surface area (Å²) in [6.07, 6.45) is 0. The van der Waals surface area contributed by atoms with Gasteiger partial charge in [0.15, 0.2) is 11.5 Å². The number of ether oxygens (including phenoxy) is 2. The van der Waals surface area contributed by atoms with Gasteiger partial charge in [0.25, 0.3) is 5.91 Å². The second kappa shape index (κ2) is 7.72. The van der Waals surface area contributed by atoms with Gasteiger partial charge < -0.3 is 14.8 Å². The molecule has 0 aliphatic rings. The molecule has 0 saturated carbocycles.